The average Bonchev–Trinajstić information content (AvgIpc) is 3.47. The van der Waals surface area contributed by atoms with E-state index in [0.717, 1.165) is 12.1 Å². The molecule has 1 N–H and O–H groups in total. The van der Waals surface area contributed by atoms with Crippen molar-refractivity contribution in [2.24, 2.45) is 0 Å². The van der Waals surface area contributed by atoms with Gasteiger partial charge in [-0.1, -0.05) is 41.4 Å². The number of carbonyl (C=O) groups excluding carboxylic acids is 1. The molecule has 0 radical (unpaired) electrons. The van der Waals surface area contributed by atoms with E-state index >= 15 is 0 Å². The van der Waals surface area contributed by atoms with E-state index in [1.807, 2.05) is 0 Å². The maximum Gasteiger partial charge on any atom is 0.433 e. The molecule has 0 unspecified atom stereocenters. The number of fused-ring (bicyclic) bond motifs is 1. The normalized spacial score (nSPS) is 11.7. The van der Waals surface area contributed by atoms with Crippen molar-refractivity contribution >= 4 is 40.4 Å². The van der Waals surface area contributed by atoms with Crippen LogP contribution in [0, 0.1) is 5.82 Å². The number of alkyl halides is 3. The van der Waals surface area contributed by atoms with Crippen molar-refractivity contribution in [3.8, 4) is 11.3 Å². The van der Waals surface area contributed by atoms with E-state index in [-0.39, 0.29) is 34.3 Å². The number of amides is 1. The van der Waals surface area contributed by atoms with Crippen LogP contribution in [0.2, 0.25) is 10.0 Å². The fourth-order valence-corrected chi connectivity index (χ4v) is 3.94. The van der Waals surface area contributed by atoms with Gasteiger partial charge in [-0.15, -0.1) is 0 Å². The van der Waals surface area contributed by atoms with E-state index in [2.05, 4.69) is 20.5 Å². The molecule has 2 aromatic carbocycles. The number of benzene rings is 2. The van der Waals surface area contributed by atoms with Crippen molar-refractivity contribution in [3.63, 3.8) is 0 Å². The molecule has 0 saturated carbocycles. The maximum absolute atomic E-state index is 13.8. The molecule has 13 heteroatoms. The van der Waals surface area contributed by atoms with E-state index in [9.17, 15) is 22.4 Å². The van der Waals surface area contributed by atoms with Crippen LogP contribution in [-0.4, -0.2) is 30.3 Å². The largest absolute Gasteiger partial charge is 0.433 e. The molecule has 7 nitrogen and oxygen atoms in total. The lowest BCUT2D eigenvalue weighted by molar-refractivity contribution is -0.142. The Morgan fingerprint density at radius 2 is 1.78 bits per heavy atom. The highest BCUT2D eigenvalue weighted by Gasteiger charge is 2.35. The first kappa shape index (κ1) is 24.7. The fraction of sp³-hybridized carbons (Fsp3) is 0.0833. The first-order chi connectivity index (χ1) is 17.6. The first-order valence-electron chi connectivity index (χ1n) is 10.6. The van der Waals surface area contributed by atoms with Gasteiger partial charge in [0, 0.05) is 27.9 Å². The molecule has 3 heterocycles. The number of hydrogen-bond donors (Lipinski definition) is 1. The predicted molar refractivity (Wildman–Crippen MR) is 129 cm³/mol. The topological polar surface area (TPSA) is 77.1 Å². The molecule has 5 aromatic rings. The fourth-order valence-electron chi connectivity index (χ4n) is 3.59. The molecule has 0 atom stereocenters. The van der Waals surface area contributed by atoms with Crippen molar-refractivity contribution in [1.82, 2.24) is 24.4 Å². The Balaban J connectivity index is 1.42. The predicted octanol–water partition coefficient (Wildman–Crippen LogP) is 6.36. The highest BCUT2D eigenvalue weighted by Crippen LogP contribution is 2.32. The number of hydrogen-bond acceptors (Lipinski definition) is 4. The van der Waals surface area contributed by atoms with Crippen molar-refractivity contribution < 1.29 is 22.4 Å². The van der Waals surface area contributed by atoms with Crippen LogP contribution in [0.3, 0.4) is 0 Å². The maximum atomic E-state index is 13.8. The number of halogens is 6. The van der Waals surface area contributed by atoms with Crippen LogP contribution in [0.4, 0.5) is 23.2 Å². The van der Waals surface area contributed by atoms with Gasteiger partial charge in [0.2, 0.25) is 0 Å². The molecular weight excluding hydrogens is 535 g/mol. The minimum Gasteiger partial charge on any atom is -0.318 e. The van der Waals surface area contributed by atoms with Gasteiger partial charge in [-0.05, 0) is 35.9 Å². The lowest BCUT2D eigenvalue weighted by atomic mass is 10.1. The van der Waals surface area contributed by atoms with Crippen molar-refractivity contribution in [1.29, 1.82) is 0 Å². The highest BCUT2D eigenvalue weighted by molar-refractivity contribution is 6.31. The third kappa shape index (κ3) is 5.27. The number of anilines is 1. The third-order valence-electron chi connectivity index (χ3n) is 5.33. The molecule has 1 amide bonds. The van der Waals surface area contributed by atoms with Crippen LogP contribution < -0.4 is 5.32 Å². The Kier molecular flexibility index (Phi) is 6.34. The van der Waals surface area contributed by atoms with Crippen LogP contribution in [0.5, 0.6) is 0 Å². The molecule has 0 fully saturated rings. The standard InChI is InChI=1S/C24H14Cl2F4N6O/c25-15-4-1-13(2-5-15)19-8-21(24(28,29)30)36-22(33-19)9-20(34-36)23(37)32-17-10-31-35(12-17)11-14-3-6-16(27)7-18(14)26/h1-10,12H,11H2,(H,32,37). The zero-order valence-electron chi connectivity index (χ0n) is 18.5. The minimum atomic E-state index is -4.76. The number of aromatic nitrogens is 5. The van der Waals surface area contributed by atoms with Crippen molar-refractivity contribution in [2.75, 3.05) is 5.32 Å². The summed E-state index contributed by atoms with van der Waals surface area (Å²) in [5, 5.41) is 11.1. The van der Waals surface area contributed by atoms with Crippen LogP contribution in [0.15, 0.2) is 67.0 Å². The Hall–Kier alpha value is -3.96. The lowest BCUT2D eigenvalue weighted by Crippen LogP contribution is -2.15. The summed E-state index contributed by atoms with van der Waals surface area (Å²) in [5.41, 5.74) is -0.196. The molecule has 0 aliphatic carbocycles. The monoisotopic (exact) mass is 548 g/mol. The molecule has 188 valence electrons. The molecule has 3 aromatic heterocycles. The van der Waals surface area contributed by atoms with Gasteiger partial charge in [-0.25, -0.2) is 13.9 Å². The molecule has 0 spiro atoms. The Bertz CT molecular complexity index is 1630. The van der Waals surface area contributed by atoms with Crippen LogP contribution in [0.1, 0.15) is 21.7 Å². The molecule has 0 aliphatic rings. The van der Waals surface area contributed by atoms with Gasteiger partial charge in [0.1, 0.15) is 5.82 Å². The highest BCUT2D eigenvalue weighted by atomic mass is 35.5. The Morgan fingerprint density at radius 1 is 1.03 bits per heavy atom. The van der Waals surface area contributed by atoms with E-state index in [1.165, 1.54) is 47.4 Å². The second kappa shape index (κ2) is 9.49. The molecule has 0 saturated heterocycles. The van der Waals surface area contributed by atoms with Crippen LogP contribution in [0.25, 0.3) is 16.9 Å². The van der Waals surface area contributed by atoms with Gasteiger partial charge >= 0.3 is 6.18 Å². The van der Waals surface area contributed by atoms with Crippen molar-refractivity contribution in [2.45, 2.75) is 12.7 Å². The lowest BCUT2D eigenvalue weighted by Gasteiger charge is -2.11. The average molecular weight is 549 g/mol. The second-order valence-corrected chi connectivity index (χ2v) is 8.79. The van der Waals surface area contributed by atoms with E-state index in [0.29, 0.717) is 20.7 Å². The van der Waals surface area contributed by atoms with Gasteiger partial charge in [-0.2, -0.15) is 23.4 Å². The van der Waals surface area contributed by atoms with Crippen LogP contribution >= 0.6 is 23.2 Å². The summed E-state index contributed by atoms with van der Waals surface area (Å²) in [6.07, 6.45) is -1.92. The van der Waals surface area contributed by atoms with E-state index in [1.54, 1.807) is 12.1 Å². The molecule has 0 aliphatic heterocycles. The number of carbonyl (C=O) groups is 1. The smallest absolute Gasteiger partial charge is 0.318 e. The zero-order chi connectivity index (χ0) is 26.3. The van der Waals surface area contributed by atoms with Gasteiger partial charge in [0.25, 0.3) is 5.91 Å². The van der Waals surface area contributed by atoms with Crippen LogP contribution in [-0.2, 0) is 12.7 Å². The molecule has 0 bridgehead atoms. The van der Waals surface area contributed by atoms with Gasteiger partial charge in [0.15, 0.2) is 17.0 Å². The van der Waals surface area contributed by atoms with E-state index < -0.39 is 23.6 Å². The second-order valence-electron chi connectivity index (χ2n) is 7.95. The summed E-state index contributed by atoms with van der Waals surface area (Å²) < 4.78 is 56.7. The molecule has 5 rings (SSSR count). The van der Waals surface area contributed by atoms with Gasteiger partial charge in [-0.3, -0.25) is 9.48 Å². The number of nitrogens with one attached hydrogen (secondary N) is 1. The summed E-state index contributed by atoms with van der Waals surface area (Å²) >= 11 is 11.9. The summed E-state index contributed by atoms with van der Waals surface area (Å²) in [5.74, 6) is -1.23. The summed E-state index contributed by atoms with van der Waals surface area (Å²) in [6, 6.07) is 12.1. The Labute approximate surface area is 216 Å². The zero-order valence-corrected chi connectivity index (χ0v) is 20.0. The Morgan fingerprint density at radius 3 is 2.49 bits per heavy atom. The van der Waals surface area contributed by atoms with E-state index in [4.69, 9.17) is 23.2 Å². The first-order valence-corrected chi connectivity index (χ1v) is 11.3. The van der Waals surface area contributed by atoms with Crippen molar-refractivity contribution in [3.05, 3.63) is 99.8 Å². The quantitative estimate of drug-likeness (QED) is 0.259. The summed E-state index contributed by atoms with van der Waals surface area (Å²) in [6.45, 7) is 0.204. The van der Waals surface area contributed by atoms with Gasteiger partial charge in [0.05, 0.1) is 24.1 Å². The third-order valence-corrected chi connectivity index (χ3v) is 5.93. The summed E-state index contributed by atoms with van der Waals surface area (Å²) in [7, 11) is 0. The molecule has 37 heavy (non-hydrogen) atoms. The number of nitrogens with zero attached hydrogens (tertiary/aromatic N) is 5. The van der Waals surface area contributed by atoms with Gasteiger partial charge < -0.3 is 5.32 Å². The summed E-state index contributed by atoms with van der Waals surface area (Å²) in [4.78, 5) is 17.0. The SMILES string of the molecule is O=C(Nc1cnn(Cc2ccc(F)cc2Cl)c1)c1cc2nc(-c3ccc(Cl)cc3)cc(C(F)(F)F)n2n1. The minimum absolute atomic E-state index is 0.0454. The number of rotatable bonds is 5. The molecular formula is C24H14Cl2F4N6O.